The molecule has 4 heteroatoms. The number of nitrogens with one attached hydrogen (secondary N) is 1. The van der Waals surface area contributed by atoms with Gasteiger partial charge in [-0.25, -0.2) is 4.98 Å². The number of anilines is 1. The van der Waals surface area contributed by atoms with Gasteiger partial charge in [0.25, 0.3) is 5.03 Å². The summed E-state index contributed by atoms with van der Waals surface area (Å²) in [6.07, 6.45) is 1.86. The third-order valence-corrected chi connectivity index (χ3v) is 4.09. The van der Waals surface area contributed by atoms with Gasteiger partial charge in [0.2, 0.25) is 0 Å². The maximum absolute atomic E-state index is 11.7. The van der Waals surface area contributed by atoms with Crippen molar-refractivity contribution < 1.29 is 4.55 Å². The number of rotatable bonds is 1. The second kappa shape index (κ2) is 4.02. The van der Waals surface area contributed by atoms with Crippen molar-refractivity contribution in [1.29, 1.82) is 0 Å². The van der Waals surface area contributed by atoms with Crippen LogP contribution in [0.5, 0.6) is 0 Å². The predicted molar refractivity (Wildman–Crippen MR) is 62.8 cm³/mol. The van der Waals surface area contributed by atoms with Crippen LogP contribution in [0.3, 0.4) is 0 Å². The summed E-state index contributed by atoms with van der Waals surface area (Å²) < 4.78 is 11.7. The van der Waals surface area contributed by atoms with Gasteiger partial charge in [-0.05, 0) is 24.0 Å². The summed E-state index contributed by atoms with van der Waals surface area (Å²) in [7, 11) is 0. The van der Waals surface area contributed by atoms with E-state index >= 15 is 0 Å². The number of nitrogens with zero attached hydrogens (tertiary/aromatic N) is 1. The molecule has 1 aliphatic rings. The molecule has 0 saturated heterocycles. The Kier molecular flexibility index (Phi) is 2.89. The predicted octanol–water partition coefficient (Wildman–Crippen LogP) is 2.05. The van der Waals surface area contributed by atoms with Gasteiger partial charge >= 0.3 is 0 Å². The molecule has 0 saturated carbocycles. The first-order valence-corrected chi connectivity index (χ1v) is 6.55. The van der Waals surface area contributed by atoms with Crippen LogP contribution in [0.1, 0.15) is 30.9 Å². The van der Waals surface area contributed by atoms with Crippen LogP contribution < -0.4 is 5.32 Å². The highest BCUT2D eigenvalue weighted by atomic mass is 32.2. The maximum Gasteiger partial charge on any atom is 0.268 e. The lowest BCUT2D eigenvalue weighted by Crippen LogP contribution is -2.25. The summed E-state index contributed by atoms with van der Waals surface area (Å²) in [6, 6.07) is 0. The lowest BCUT2D eigenvalue weighted by atomic mass is 9.99. The Balaban J connectivity index is 2.52. The van der Waals surface area contributed by atoms with Crippen LogP contribution in [0.4, 0.5) is 5.69 Å². The molecule has 3 nitrogen and oxygen atoms in total. The van der Waals surface area contributed by atoms with E-state index in [4.69, 9.17) is 0 Å². The molecule has 1 aromatic rings. The molecule has 1 aromatic heterocycles. The fourth-order valence-corrected chi connectivity index (χ4v) is 3.03. The summed E-state index contributed by atoms with van der Waals surface area (Å²) in [5.41, 5.74) is 3.42. The van der Waals surface area contributed by atoms with Crippen molar-refractivity contribution in [1.82, 2.24) is 4.98 Å². The Labute approximate surface area is 93.5 Å². The van der Waals surface area contributed by atoms with Gasteiger partial charge in [0, 0.05) is 17.4 Å². The molecule has 82 valence electrons. The fraction of sp³-hybridized carbons (Fsp3) is 0.545. The first-order valence-electron chi connectivity index (χ1n) is 5.23. The quantitative estimate of drug-likeness (QED) is 0.743. The number of hydrogen-bond donors (Lipinski definition) is 1. The molecule has 15 heavy (non-hydrogen) atoms. The topological polar surface area (TPSA) is 48.0 Å². The number of fused-ring (bicyclic) bond motifs is 1. The van der Waals surface area contributed by atoms with Crippen LogP contribution in [-0.2, 0) is 11.2 Å². The third kappa shape index (κ3) is 1.84. The molecule has 1 unspecified atom stereocenters. The van der Waals surface area contributed by atoms with Gasteiger partial charge in [0.1, 0.15) is 11.4 Å². The average molecular weight is 224 g/mol. The molecule has 0 radical (unpaired) electrons. The molecular formula is C11H16N2OS. The van der Waals surface area contributed by atoms with E-state index in [0.29, 0.717) is 11.7 Å². The molecular weight excluding hydrogens is 208 g/mol. The smallest absolute Gasteiger partial charge is 0.268 e. The van der Waals surface area contributed by atoms with Crippen LogP contribution >= 0.6 is 0 Å². The minimum absolute atomic E-state index is 0.458. The van der Waals surface area contributed by atoms with Crippen LogP contribution in [0, 0.1) is 6.92 Å². The Morgan fingerprint density at radius 3 is 2.93 bits per heavy atom. The van der Waals surface area contributed by atoms with Gasteiger partial charge in [0.05, 0.1) is 6.54 Å². The van der Waals surface area contributed by atoms with Crippen LogP contribution in [0.25, 0.3) is 0 Å². The second-order valence-corrected chi connectivity index (χ2v) is 5.64. The summed E-state index contributed by atoms with van der Waals surface area (Å²) >= 11 is -0.921. The number of hydrogen-bond acceptors (Lipinski definition) is 3. The fourth-order valence-electron chi connectivity index (χ4n) is 1.92. The van der Waals surface area contributed by atoms with Crippen LogP contribution in [0.2, 0.25) is 0 Å². The molecule has 2 heterocycles. The molecule has 0 spiro atoms. The first-order chi connectivity index (χ1) is 7.11. The maximum atomic E-state index is 11.7. The Morgan fingerprint density at radius 1 is 1.53 bits per heavy atom. The van der Waals surface area contributed by atoms with E-state index < -0.39 is 11.2 Å². The Morgan fingerprint density at radius 2 is 2.27 bits per heavy atom. The highest BCUT2D eigenvalue weighted by Crippen LogP contribution is 2.31. The molecule has 1 N–H and O–H groups in total. The second-order valence-electron chi connectivity index (χ2n) is 4.15. The van der Waals surface area contributed by atoms with E-state index in [2.05, 4.69) is 31.1 Å². The first kappa shape index (κ1) is 10.8. The van der Waals surface area contributed by atoms with Crippen LogP contribution in [0.15, 0.2) is 11.2 Å². The lowest BCUT2D eigenvalue weighted by Gasteiger charge is -2.23. The normalized spacial score (nSPS) is 19.9. The monoisotopic (exact) mass is 224 g/mol. The van der Waals surface area contributed by atoms with E-state index in [1.165, 1.54) is 11.1 Å². The van der Waals surface area contributed by atoms with Crippen molar-refractivity contribution in [2.24, 2.45) is 0 Å². The summed E-state index contributed by atoms with van der Waals surface area (Å²) in [5, 5.41) is 4.03. The standard InChI is InChI=1S/C11H16N2OS/c1-7(2)9-6-13-11-10(8(9)3)12-4-5-15(11)14/h6-7,12H,4-5H2,1-3H3. The highest BCUT2D eigenvalue weighted by Gasteiger charge is 2.26. The lowest BCUT2D eigenvalue weighted by molar-refractivity contribution is 0.589. The van der Waals surface area contributed by atoms with Crippen molar-refractivity contribution in [2.75, 3.05) is 17.6 Å². The molecule has 0 aromatic carbocycles. The average Bonchev–Trinajstić information content (AvgIpc) is 2.19. The summed E-state index contributed by atoms with van der Waals surface area (Å²) in [5.74, 6) is 1.13. The van der Waals surface area contributed by atoms with Crippen molar-refractivity contribution in [2.45, 2.75) is 31.7 Å². The molecule has 1 aliphatic heterocycles. The zero-order chi connectivity index (χ0) is 11.0. The Bertz CT molecular complexity index is 379. The zero-order valence-electron chi connectivity index (χ0n) is 9.33. The molecule has 1 atom stereocenters. The third-order valence-electron chi connectivity index (χ3n) is 2.77. The molecule has 0 aliphatic carbocycles. The van der Waals surface area contributed by atoms with E-state index in [1.54, 1.807) is 0 Å². The van der Waals surface area contributed by atoms with Crippen LogP contribution in [-0.4, -0.2) is 21.8 Å². The number of aromatic nitrogens is 1. The summed E-state index contributed by atoms with van der Waals surface area (Å²) in [4.78, 5) is 4.32. The minimum Gasteiger partial charge on any atom is -0.610 e. The van der Waals surface area contributed by atoms with Gasteiger partial charge in [-0.15, -0.1) is 0 Å². The molecule has 0 bridgehead atoms. The number of pyridine rings is 1. The van der Waals surface area contributed by atoms with Gasteiger partial charge in [-0.3, -0.25) is 0 Å². The van der Waals surface area contributed by atoms with Gasteiger partial charge in [-0.1, -0.05) is 13.8 Å². The van der Waals surface area contributed by atoms with Crippen molar-refractivity contribution >= 4 is 16.9 Å². The Hall–Kier alpha value is -0.740. The van der Waals surface area contributed by atoms with E-state index in [9.17, 15) is 4.55 Å². The largest absolute Gasteiger partial charge is 0.610 e. The van der Waals surface area contributed by atoms with E-state index in [0.717, 1.165) is 17.3 Å². The highest BCUT2D eigenvalue weighted by molar-refractivity contribution is 7.91. The molecule has 0 amide bonds. The van der Waals surface area contributed by atoms with E-state index in [-0.39, 0.29) is 0 Å². The molecule has 2 rings (SSSR count). The zero-order valence-corrected chi connectivity index (χ0v) is 10.1. The van der Waals surface area contributed by atoms with E-state index in [1.807, 2.05) is 6.20 Å². The van der Waals surface area contributed by atoms with Gasteiger partial charge in [0.15, 0.2) is 0 Å². The van der Waals surface area contributed by atoms with Crippen molar-refractivity contribution in [3.63, 3.8) is 0 Å². The minimum atomic E-state index is -0.921. The van der Waals surface area contributed by atoms with Crippen molar-refractivity contribution in [3.8, 4) is 0 Å². The summed E-state index contributed by atoms with van der Waals surface area (Å²) in [6.45, 7) is 7.15. The van der Waals surface area contributed by atoms with Crippen molar-refractivity contribution in [3.05, 3.63) is 17.3 Å². The molecule has 0 fully saturated rings. The SMILES string of the molecule is Cc1c(C(C)C)cnc2c1NCC[S+]2[O-]. The van der Waals surface area contributed by atoms with Gasteiger partial charge < -0.3 is 9.87 Å². The van der Waals surface area contributed by atoms with Gasteiger partial charge in [-0.2, -0.15) is 0 Å².